The zero-order valence-electron chi connectivity index (χ0n) is 12.0. The lowest BCUT2D eigenvalue weighted by Crippen LogP contribution is -1.98. The van der Waals surface area contributed by atoms with Gasteiger partial charge < -0.3 is 0 Å². The first-order valence-electron chi connectivity index (χ1n) is 6.94. The van der Waals surface area contributed by atoms with Crippen molar-refractivity contribution in [3.05, 3.63) is 59.5 Å². The minimum atomic E-state index is 0.732. The van der Waals surface area contributed by atoms with Gasteiger partial charge in [-0.15, -0.1) is 0 Å². The predicted octanol–water partition coefficient (Wildman–Crippen LogP) is 4.59. The lowest BCUT2D eigenvalue weighted by molar-refractivity contribution is 0.642. The van der Waals surface area contributed by atoms with Gasteiger partial charge in [-0.05, 0) is 43.7 Å². The third-order valence-electron chi connectivity index (χ3n) is 3.59. The molecule has 2 aromatic heterocycles. The summed E-state index contributed by atoms with van der Waals surface area (Å²) < 4.78 is 2.03. The highest BCUT2D eigenvalue weighted by Crippen LogP contribution is 2.34. The van der Waals surface area contributed by atoms with Crippen LogP contribution in [0.3, 0.4) is 0 Å². The molecule has 0 aliphatic heterocycles. The van der Waals surface area contributed by atoms with E-state index in [1.165, 1.54) is 0 Å². The van der Waals surface area contributed by atoms with Crippen LogP contribution < -0.4 is 0 Å². The Morgan fingerprint density at radius 1 is 1.00 bits per heavy atom. The van der Waals surface area contributed by atoms with Crippen LogP contribution in [0.1, 0.15) is 12.6 Å². The van der Waals surface area contributed by atoms with E-state index >= 15 is 0 Å². The van der Waals surface area contributed by atoms with Crippen LogP contribution >= 0.6 is 11.6 Å². The largest absolute Gasteiger partial charge is 0.269 e. The first-order chi connectivity index (χ1) is 10.2. The molecule has 0 radical (unpaired) electrons. The highest BCUT2D eigenvalue weighted by atomic mass is 35.5. The van der Waals surface area contributed by atoms with Gasteiger partial charge >= 0.3 is 0 Å². The van der Waals surface area contributed by atoms with Crippen LogP contribution in [0.15, 0.2) is 48.8 Å². The molecule has 0 saturated heterocycles. The summed E-state index contributed by atoms with van der Waals surface area (Å²) in [5, 5.41) is 5.49. The summed E-state index contributed by atoms with van der Waals surface area (Å²) in [4.78, 5) is 4.10. The van der Waals surface area contributed by atoms with E-state index < -0.39 is 0 Å². The van der Waals surface area contributed by atoms with E-state index in [1.54, 1.807) is 0 Å². The van der Waals surface area contributed by atoms with Crippen molar-refractivity contribution in [2.45, 2.75) is 20.4 Å². The van der Waals surface area contributed by atoms with Crippen molar-refractivity contribution in [2.24, 2.45) is 0 Å². The second kappa shape index (κ2) is 5.70. The number of hydrogen-bond donors (Lipinski definition) is 0. The highest BCUT2D eigenvalue weighted by Gasteiger charge is 2.17. The quantitative estimate of drug-likeness (QED) is 0.707. The van der Waals surface area contributed by atoms with Gasteiger partial charge in [-0.3, -0.25) is 9.67 Å². The maximum Gasteiger partial charge on any atom is 0.100 e. The Morgan fingerprint density at radius 2 is 1.67 bits per heavy atom. The van der Waals surface area contributed by atoms with Crippen molar-refractivity contribution in [1.82, 2.24) is 14.8 Å². The van der Waals surface area contributed by atoms with Gasteiger partial charge in [-0.1, -0.05) is 23.7 Å². The van der Waals surface area contributed by atoms with E-state index in [4.69, 9.17) is 16.7 Å². The lowest BCUT2D eigenvalue weighted by atomic mass is 10.0. The second-order valence-corrected chi connectivity index (χ2v) is 5.30. The number of halogens is 1. The van der Waals surface area contributed by atoms with Crippen molar-refractivity contribution in [2.75, 3.05) is 0 Å². The molecule has 0 bridgehead atoms. The molecule has 0 aliphatic carbocycles. The molecule has 1 aromatic carbocycles. The van der Waals surface area contributed by atoms with Gasteiger partial charge in [0.2, 0.25) is 0 Å². The number of aryl methyl sites for hydroxylation is 1. The molecule has 0 spiro atoms. The fraction of sp³-hybridized carbons (Fsp3) is 0.176. The van der Waals surface area contributed by atoms with Crippen LogP contribution in [-0.2, 0) is 6.54 Å². The van der Waals surface area contributed by atoms with Crippen LogP contribution in [0, 0.1) is 6.92 Å². The van der Waals surface area contributed by atoms with Gasteiger partial charge in [0.1, 0.15) is 5.69 Å². The number of rotatable bonds is 3. The molecule has 106 valence electrons. The Hall–Kier alpha value is -2.13. The molecular formula is C17H16ClN3. The second-order valence-electron chi connectivity index (χ2n) is 4.87. The molecule has 0 amide bonds. The van der Waals surface area contributed by atoms with Crippen LogP contribution in [-0.4, -0.2) is 14.8 Å². The van der Waals surface area contributed by atoms with E-state index in [1.807, 2.05) is 53.5 Å². The van der Waals surface area contributed by atoms with Crippen LogP contribution in [0.25, 0.3) is 22.4 Å². The maximum atomic E-state index is 5.99. The zero-order valence-corrected chi connectivity index (χ0v) is 12.8. The topological polar surface area (TPSA) is 30.7 Å². The van der Waals surface area contributed by atoms with Crippen molar-refractivity contribution < 1.29 is 0 Å². The van der Waals surface area contributed by atoms with Gasteiger partial charge in [-0.2, -0.15) is 5.10 Å². The first-order valence-corrected chi connectivity index (χ1v) is 7.32. The first kappa shape index (κ1) is 13.8. The van der Waals surface area contributed by atoms with E-state index in [2.05, 4.69) is 18.8 Å². The molecule has 0 unspecified atom stereocenters. The van der Waals surface area contributed by atoms with Crippen molar-refractivity contribution in [1.29, 1.82) is 0 Å². The number of hydrogen-bond acceptors (Lipinski definition) is 2. The average molecular weight is 298 g/mol. The summed E-state index contributed by atoms with van der Waals surface area (Å²) in [7, 11) is 0. The summed E-state index contributed by atoms with van der Waals surface area (Å²) in [6.07, 6.45) is 3.62. The normalized spacial score (nSPS) is 10.8. The molecule has 0 aliphatic rings. The molecule has 3 nitrogen and oxygen atoms in total. The molecule has 3 rings (SSSR count). The molecule has 0 atom stereocenters. The van der Waals surface area contributed by atoms with Gasteiger partial charge in [-0.25, -0.2) is 0 Å². The minimum Gasteiger partial charge on any atom is -0.269 e. The monoisotopic (exact) mass is 297 g/mol. The predicted molar refractivity (Wildman–Crippen MR) is 86.3 cm³/mol. The molecule has 21 heavy (non-hydrogen) atoms. The smallest absolute Gasteiger partial charge is 0.100 e. The third kappa shape index (κ3) is 2.57. The lowest BCUT2D eigenvalue weighted by Gasteiger charge is -2.04. The summed E-state index contributed by atoms with van der Waals surface area (Å²) in [6, 6.07) is 11.8. The van der Waals surface area contributed by atoms with Gasteiger partial charge in [0.05, 0.1) is 0 Å². The van der Waals surface area contributed by atoms with E-state index in [-0.39, 0.29) is 0 Å². The number of benzene rings is 1. The molecule has 0 saturated carbocycles. The molecule has 0 fully saturated rings. The van der Waals surface area contributed by atoms with Gasteiger partial charge in [0.15, 0.2) is 0 Å². The molecular weight excluding hydrogens is 282 g/mol. The average Bonchev–Trinajstić information content (AvgIpc) is 2.85. The Kier molecular flexibility index (Phi) is 3.76. The summed E-state index contributed by atoms with van der Waals surface area (Å²) in [5.74, 6) is 0. The molecule has 0 N–H and O–H groups in total. The van der Waals surface area contributed by atoms with Crippen molar-refractivity contribution in [3.8, 4) is 22.4 Å². The number of nitrogens with zero attached hydrogens (tertiary/aromatic N) is 3. The molecule has 3 aromatic rings. The minimum absolute atomic E-state index is 0.732. The molecule has 2 heterocycles. The van der Waals surface area contributed by atoms with Gasteiger partial charge in [0, 0.05) is 40.8 Å². The summed E-state index contributed by atoms with van der Waals surface area (Å²) >= 11 is 5.99. The fourth-order valence-corrected chi connectivity index (χ4v) is 2.65. The standard InChI is InChI=1S/C17H16ClN3/c1-3-21-12(2)16(13-8-10-19-11-9-13)17(20-21)14-4-6-15(18)7-5-14/h4-11H,3H2,1-2H3. The fourth-order valence-electron chi connectivity index (χ4n) is 2.53. The molecule has 4 heteroatoms. The SMILES string of the molecule is CCn1nc(-c2ccc(Cl)cc2)c(-c2ccncc2)c1C. The number of pyridine rings is 1. The number of aromatic nitrogens is 3. The Labute approximate surface area is 129 Å². The summed E-state index contributed by atoms with van der Waals surface area (Å²) in [6.45, 7) is 5.05. The third-order valence-corrected chi connectivity index (χ3v) is 3.84. The highest BCUT2D eigenvalue weighted by molar-refractivity contribution is 6.30. The van der Waals surface area contributed by atoms with Crippen LogP contribution in [0.5, 0.6) is 0 Å². The maximum absolute atomic E-state index is 5.99. The van der Waals surface area contributed by atoms with Crippen molar-refractivity contribution in [3.63, 3.8) is 0 Å². The van der Waals surface area contributed by atoms with Crippen LogP contribution in [0.4, 0.5) is 0 Å². The van der Waals surface area contributed by atoms with E-state index in [0.717, 1.165) is 39.6 Å². The van der Waals surface area contributed by atoms with E-state index in [0.29, 0.717) is 0 Å². The van der Waals surface area contributed by atoms with Crippen molar-refractivity contribution >= 4 is 11.6 Å². The van der Waals surface area contributed by atoms with Crippen LogP contribution in [0.2, 0.25) is 5.02 Å². The zero-order chi connectivity index (χ0) is 14.8. The summed E-state index contributed by atoms with van der Waals surface area (Å²) in [5.41, 5.74) is 5.50. The van der Waals surface area contributed by atoms with Gasteiger partial charge in [0.25, 0.3) is 0 Å². The Morgan fingerprint density at radius 3 is 2.29 bits per heavy atom. The van der Waals surface area contributed by atoms with E-state index in [9.17, 15) is 0 Å². The Balaban J connectivity index is 2.22. The Bertz CT molecular complexity index is 746.